The van der Waals surface area contributed by atoms with Crippen molar-refractivity contribution in [3.05, 3.63) is 36.3 Å². The molecule has 4 rings (SSSR count). The van der Waals surface area contributed by atoms with Crippen molar-refractivity contribution in [2.24, 2.45) is 5.92 Å². The SMILES string of the molecule is CN(CC1CCCCC1)C(=O)CN1CCN(Cc2cn3ccccc3n2)CC1. The molecule has 28 heavy (non-hydrogen) atoms. The number of amides is 1. The molecule has 1 aliphatic heterocycles. The molecule has 1 amide bonds. The van der Waals surface area contributed by atoms with Gasteiger partial charge in [-0.05, 0) is 30.9 Å². The molecule has 152 valence electrons. The number of carbonyl (C=O) groups excluding carboxylic acids is 1. The van der Waals surface area contributed by atoms with Crippen LogP contribution in [0.4, 0.5) is 0 Å². The molecule has 1 saturated heterocycles. The van der Waals surface area contributed by atoms with Crippen LogP contribution in [0.25, 0.3) is 5.65 Å². The van der Waals surface area contributed by atoms with Crippen LogP contribution < -0.4 is 0 Å². The van der Waals surface area contributed by atoms with Gasteiger partial charge in [0.1, 0.15) is 5.65 Å². The smallest absolute Gasteiger partial charge is 0.236 e. The summed E-state index contributed by atoms with van der Waals surface area (Å²) in [5.74, 6) is 0.990. The third-order valence-corrected chi connectivity index (χ3v) is 6.31. The molecule has 0 N–H and O–H groups in total. The summed E-state index contributed by atoms with van der Waals surface area (Å²) in [5.41, 5.74) is 2.12. The summed E-state index contributed by atoms with van der Waals surface area (Å²) < 4.78 is 2.08. The summed E-state index contributed by atoms with van der Waals surface area (Å²) in [7, 11) is 1.98. The Labute approximate surface area is 168 Å². The van der Waals surface area contributed by atoms with Gasteiger partial charge in [-0.1, -0.05) is 25.3 Å². The summed E-state index contributed by atoms with van der Waals surface area (Å²) in [6.45, 7) is 6.27. The molecule has 0 unspecified atom stereocenters. The van der Waals surface area contributed by atoms with E-state index in [-0.39, 0.29) is 5.91 Å². The molecule has 0 aromatic carbocycles. The Kier molecular flexibility index (Phi) is 6.27. The van der Waals surface area contributed by atoms with E-state index in [1.807, 2.05) is 36.3 Å². The van der Waals surface area contributed by atoms with Gasteiger partial charge in [-0.15, -0.1) is 0 Å². The van der Waals surface area contributed by atoms with Gasteiger partial charge in [0.15, 0.2) is 0 Å². The maximum Gasteiger partial charge on any atom is 0.236 e. The van der Waals surface area contributed by atoms with Crippen LogP contribution in [0, 0.1) is 5.92 Å². The highest BCUT2D eigenvalue weighted by molar-refractivity contribution is 5.78. The second-order valence-electron chi connectivity index (χ2n) is 8.53. The van der Waals surface area contributed by atoms with Gasteiger partial charge in [0.25, 0.3) is 0 Å². The molecule has 3 heterocycles. The van der Waals surface area contributed by atoms with Crippen molar-refractivity contribution in [1.29, 1.82) is 0 Å². The number of hydrogen-bond donors (Lipinski definition) is 0. The Balaban J connectivity index is 1.20. The van der Waals surface area contributed by atoms with E-state index in [1.165, 1.54) is 32.1 Å². The molecule has 1 saturated carbocycles. The van der Waals surface area contributed by atoms with Gasteiger partial charge in [-0.3, -0.25) is 14.6 Å². The van der Waals surface area contributed by atoms with Crippen LogP contribution in [0.3, 0.4) is 0 Å². The zero-order valence-electron chi connectivity index (χ0n) is 17.1. The second-order valence-corrected chi connectivity index (χ2v) is 8.53. The van der Waals surface area contributed by atoms with Crippen molar-refractivity contribution >= 4 is 11.6 Å². The first-order valence-corrected chi connectivity index (χ1v) is 10.8. The lowest BCUT2D eigenvalue weighted by Crippen LogP contribution is -2.49. The molecule has 2 aliphatic rings. The number of rotatable bonds is 6. The highest BCUT2D eigenvalue weighted by Crippen LogP contribution is 2.24. The zero-order valence-corrected chi connectivity index (χ0v) is 17.1. The number of likely N-dealkylation sites (N-methyl/N-ethyl adjacent to an activating group) is 1. The molecule has 2 fully saturated rings. The molecular weight excluding hydrogens is 350 g/mol. The first-order chi connectivity index (χ1) is 13.7. The molecule has 0 bridgehead atoms. The summed E-state index contributed by atoms with van der Waals surface area (Å²) in [4.78, 5) is 24.0. The maximum atomic E-state index is 12.6. The van der Waals surface area contributed by atoms with Crippen LogP contribution in [0.5, 0.6) is 0 Å². The lowest BCUT2D eigenvalue weighted by atomic mass is 9.89. The number of carbonyl (C=O) groups is 1. The highest BCUT2D eigenvalue weighted by atomic mass is 16.2. The highest BCUT2D eigenvalue weighted by Gasteiger charge is 2.23. The fourth-order valence-corrected chi connectivity index (χ4v) is 4.57. The van der Waals surface area contributed by atoms with E-state index in [0.29, 0.717) is 12.5 Å². The number of piperazine rings is 1. The largest absolute Gasteiger partial charge is 0.344 e. The minimum atomic E-state index is 0.277. The number of pyridine rings is 1. The Morgan fingerprint density at radius 1 is 1.11 bits per heavy atom. The van der Waals surface area contributed by atoms with E-state index in [0.717, 1.165) is 50.6 Å². The quantitative estimate of drug-likeness (QED) is 0.769. The van der Waals surface area contributed by atoms with Gasteiger partial charge in [-0.2, -0.15) is 0 Å². The van der Waals surface area contributed by atoms with E-state index in [1.54, 1.807) is 0 Å². The van der Waals surface area contributed by atoms with Crippen LogP contribution in [0.1, 0.15) is 37.8 Å². The lowest BCUT2D eigenvalue weighted by Gasteiger charge is -2.35. The van der Waals surface area contributed by atoms with Crippen LogP contribution in [0.15, 0.2) is 30.6 Å². The van der Waals surface area contributed by atoms with E-state index < -0.39 is 0 Å². The van der Waals surface area contributed by atoms with E-state index in [2.05, 4.69) is 20.4 Å². The number of aromatic nitrogens is 2. The fourth-order valence-electron chi connectivity index (χ4n) is 4.57. The van der Waals surface area contributed by atoms with Crippen LogP contribution in [-0.2, 0) is 11.3 Å². The number of nitrogens with zero attached hydrogens (tertiary/aromatic N) is 5. The van der Waals surface area contributed by atoms with Gasteiger partial charge >= 0.3 is 0 Å². The van der Waals surface area contributed by atoms with E-state index >= 15 is 0 Å². The maximum absolute atomic E-state index is 12.6. The van der Waals surface area contributed by atoms with Crippen molar-refractivity contribution < 1.29 is 4.79 Å². The molecule has 0 atom stereocenters. The average Bonchev–Trinajstić information content (AvgIpc) is 3.12. The number of fused-ring (bicyclic) bond motifs is 1. The van der Waals surface area contributed by atoms with Crippen LogP contribution >= 0.6 is 0 Å². The molecule has 0 spiro atoms. The Bertz CT molecular complexity index is 741. The predicted octanol–water partition coefficient (Wildman–Crippen LogP) is 2.49. The van der Waals surface area contributed by atoms with Gasteiger partial charge in [0.05, 0.1) is 12.2 Å². The first kappa shape index (κ1) is 19.4. The fraction of sp³-hybridized carbons (Fsp3) is 0.636. The minimum absolute atomic E-state index is 0.277. The van der Waals surface area contributed by atoms with Crippen molar-refractivity contribution in [2.45, 2.75) is 38.6 Å². The summed E-state index contributed by atoms with van der Waals surface area (Å²) in [5, 5.41) is 0. The Morgan fingerprint density at radius 3 is 2.61 bits per heavy atom. The monoisotopic (exact) mass is 383 g/mol. The van der Waals surface area contributed by atoms with E-state index in [4.69, 9.17) is 4.98 Å². The minimum Gasteiger partial charge on any atom is -0.344 e. The summed E-state index contributed by atoms with van der Waals surface area (Å²) >= 11 is 0. The van der Waals surface area contributed by atoms with E-state index in [9.17, 15) is 4.79 Å². The number of imidazole rings is 1. The van der Waals surface area contributed by atoms with Crippen molar-refractivity contribution in [3.8, 4) is 0 Å². The predicted molar refractivity (Wildman–Crippen MR) is 111 cm³/mol. The molecule has 6 nitrogen and oxygen atoms in total. The topological polar surface area (TPSA) is 44.1 Å². The van der Waals surface area contributed by atoms with Crippen molar-refractivity contribution in [1.82, 2.24) is 24.1 Å². The van der Waals surface area contributed by atoms with Crippen molar-refractivity contribution in [3.63, 3.8) is 0 Å². The van der Waals surface area contributed by atoms with Gasteiger partial charge in [0, 0.05) is 58.7 Å². The molecule has 2 aromatic rings. The Hall–Kier alpha value is -1.92. The molecule has 0 radical (unpaired) electrons. The normalized spacial score (nSPS) is 19.9. The van der Waals surface area contributed by atoms with Gasteiger partial charge < -0.3 is 9.30 Å². The Morgan fingerprint density at radius 2 is 1.86 bits per heavy atom. The molecule has 6 heteroatoms. The second kappa shape index (κ2) is 9.05. The average molecular weight is 384 g/mol. The third kappa shape index (κ3) is 4.92. The molecule has 2 aromatic heterocycles. The molecular formula is C22H33N5O. The zero-order chi connectivity index (χ0) is 19.3. The summed E-state index contributed by atoms with van der Waals surface area (Å²) in [6.07, 6.45) is 10.8. The standard InChI is InChI=1S/C22H33N5O/c1-24(15-19-7-3-2-4-8-19)22(28)18-26-13-11-25(12-14-26)16-20-17-27-10-6-5-9-21(27)23-20/h5-6,9-10,17,19H,2-4,7-8,11-16,18H2,1H3. The molecule has 1 aliphatic carbocycles. The summed E-state index contributed by atoms with van der Waals surface area (Å²) in [6, 6.07) is 6.09. The van der Waals surface area contributed by atoms with Gasteiger partial charge in [-0.25, -0.2) is 4.98 Å². The third-order valence-electron chi connectivity index (χ3n) is 6.31. The first-order valence-electron chi connectivity index (χ1n) is 10.8. The number of hydrogen-bond acceptors (Lipinski definition) is 4. The van der Waals surface area contributed by atoms with Gasteiger partial charge in [0.2, 0.25) is 5.91 Å². The van der Waals surface area contributed by atoms with Crippen LogP contribution in [-0.4, -0.2) is 76.3 Å². The van der Waals surface area contributed by atoms with Crippen LogP contribution in [0.2, 0.25) is 0 Å². The van der Waals surface area contributed by atoms with Crippen molar-refractivity contribution in [2.75, 3.05) is 46.3 Å². The lowest BCUT2D eigenvalue weighted by molar-refractivity contribution is -0.132.